The predicted molar refractivity (Wildman–Crippen MR) is 103 cm³/mol. The molecular formula is C22H20N2O2. The van der Waals surface area contributed by atoms with Gasteiger partial charge < -0.3 is 10.6 Å². The van der Waals surface area contributed by atoms with Crippen LogP contribution >= 0.6 is 0 Å². The summed E-state index contributed by atoms with van der Waals surface area (Å²) in [7, 11) is 1.76. The van der Waals surface area contributed by atoms with Gasteiger partial charge in [-0.05, 0) is 41.0 Å². The van der Waals surface area contributed by atoms with Crippen LogP contribution in [0.2, 0.25) is 0 Å². The quantitative estimate of drug-likeness (QED) is 0.766. The lowest BCUT2D eigenvalue weighted by Gasteiger charge is -2.18. The van der Waals surface area contributed by atoms with E-state index in [1.165, 1.54) is 0 Å². The molecule has 2 N–H and O–H groups in total. The Morgan fingerprint density at radius 2 is 1.31 bits per heavy atom. The monoisotopic (exact) mass is 344 g/mol. The van der Waals surface area contributed by atoms with Gasteiger partial charge in [0.25, 0.3) is 5.91 Å². The van der Waals surface area contributed by atoms with E-state index in [9.17, 15) is 9.59 Å². The predicted octanol–water partition coefficient (Wildman–Crippen LogP) is 3.72. The van der Waals surface area contributed by atoms with Crippen LogP contribution in [0.3, 0.4) is 0 Å². The van der Waals surface area contributed by atoms with Gasteiger partial charge in [0.1, 0.15) is 0 Å². The first kappa shape index (κ1) is 17.4. The zero-order valence-electron chi connectivity index (χ0n) is 14.6. The Morgan fingerprint density at radius 3 is 1.88 bits per heavy atom. The van der Waals surface area contributed by atoms with Gasteiger partial charge in [-0.1, -0.05) is 54.6 Å². The molecule has 2 amide bonds. The van der Waals surface area contributed by atoms with Gasteiger partial charge in [-0.15, -0.1) is 0 Å². The topological polar surface area (TPSA) is 63.4 Å². The van der Waals surface area contributed by atoms with Crippen molar-refractivity contribution in [1.82, 2.24) is 4.90 Å². The van der Waals surface area contributed by atoms with Crippen molar-refractivity contribution in [3.05, 3.63) is 95.6 Å². The van der Waals surface area contributed by atoms with E-state index in [1.54, 1.807) is 36.2 Å². The number of hydrogen-bond acceptors (Lipinski definition) is 2. The molecule has 3 rings (SSSR count). The van der Waals surface area contributed by atoms with Gasteiger partial charge in [-0.2, -0.15) is 0 Å². The average molecular weight is 344 g/mol. The molecule has 3 aromatic rings. The summed E-state index contributed by atoms with van der Waals surface area (Å²) in [5, 5.41) is 0. The number of amides is 2. The van der Waals surface area contributed by atoms with E-state index in [-0.39, 0.29) is 5.91 Å². The summed E-state index contributed by atoms with van der Waals surface area (Å²) in [5.41, 5.74) is 9.50. The highest BCUT2D eigenvalue weighted by atomic mass is 16.2. The molecule has 4 heteroatoms. The molecule has 0 aliphatic heterocycles. The lowest BCUT2D eigenvalue weighted by molar-refractivity contribution is 0.0784. The number of carbonyl (C=O) groups is 2. The van der Waals surface area contributed by atoms with E-state index >= 15 is 0 Å². The first-order valence-corrected chi connectivity index (χ1v) is 8.34. The minimum atomic E-state index is -0.504. The van der Waals surface area contributed by atoms with Crippen molar-refractivity contribution in [3.8, 4) is 11.1 Å². The van der Waals surface area contributed by atoms with Crippen LogP contribution in [-0.2, 0) is 6.54 Å². The van der Waals surface area contributed by atoms with Crippen LogP contribution in [0, 0.1) is 0 Å². The molecule has 0 saturated carbocycles. The number of primary amides is 1. The van der Waals surface area contributed by atoms with Crippen molar-refractivity contribution < 1.29 is 9.59 Å². The van der Waals surface area contributed by atoms with E-state index in [1.807, 2.05) is 30.3 Å². The van der Waals surface area contributed by atoms with Crippen molar-refractivity contribution in [3.63, 3.8) is 0 Å². The van der Waals surface area contributed by atoms with Crippen LogP contribution in [-0.4, -0.2) is 23.8 Å². The number of carbonyl (C=O) groups excluding carboxylic acids is 2. The minimum Gasteiger partial charge on any atom is -0.366 e. The Balaban J connectivity index is 1.68. The number of hydrogen-bond donors (Lipinski definition) is 1. The van der Waals surface area contributed by atoms with Crippen molar-refractivity contribution in [1.29, 1.82) is 0 Å². The van der Waals surface area contributed by atoms with Gasteiger partial charge in [0.05, 0.1) is 0 Å². The fourth-order valence-corrected chi connectivity index (χ4v) is 2.78. The molecule has 0 atom stereocenters. The first-order chi connectivity index (χ1) is 12.5. The van der Waals surface area contributed by atoms with Crippen LogP contribution in [0.4, 0.5) is 0 Å². The van der Waals surface area contributed by atoms with Gasteiger partial charge in [0, 0.05) is 24.7 Å². The Bertz CT molecular complexity index is 901. The van der Waals surface area contributed by atoms with Crippen LogP contribution < -0.4 is 5.73 Å². The molecule has 0 radical (unpaired) electrons. The van der Waals surface area contributed by atoms with Gasteiger partial charge in [0.15, 0.2) is 0 Å². The summed E-state index contributed by atoms with van der Waals surface area (Å²) in [4.78, 5) is 25.3. The highest BCUT2D eigenvalue weighted by Crippen LogP contribution is 2.20. The van der Waals surface area contributed by atoms with Crippen molar-refractivity contribution in [2.75, 3.05) is 7.05 Å². The third-order valence-electron chi connectivity index (χ3n) is 4.24. The smallest absolute Gasteiger partial charge is 0.253 e. The maximum absolute atomic E-state index is 12.5. The summed E-state index contributed by atoms with van der Waals surface area (Å²) in [6, 6.07) is 24.7. The molecule has 3 aromatic carbocycles. The molecule has 130 valence electrons. The molecule has 0 aliphatic carbocycles. The summed E-state index contributed by atoms with van der Waals surface area (Å²) >= 11 is 0. The number of nitrogens with two attached hydrogens (primary N) is 1. The maximum atomic E-state index is 12.5. The second kappa shape index (κ2) is 7.66. The van der Waals surface area contributed by atoms with Gasteiger partial charge in [0.2, 0.25) is 5.91 Å². The highest BCUT2D eigenvalue weighted by Gasteiger charge is 2.12. The normalized spacial score (nSPS) is 10.3. The van der Waals surface area contributed by atoms with E-state index in [0.717, 1.165) is 16.7 Å². The molecular weight excluding hydrogens is 324 g/mol. The van der Waals surface area contributed by atoms with Crippen molar-refractivity contribution >= 4 is 11.8 Å². The maximum Gasteiger partial charge on any atom is 0.253 e. The van der Waals surface area contributed by atoms with Gasteiger partial charge >= 0.3 is 0 Å². The third kappa shape index (κ3) is 3.98. The van der Waals surface area contributed by atoms with E-state index < -0.39 is 5.91 Å². The first-order valence-electron chi connectivity index (χ1n) is 8.34. The van der Waals surface area contributed by atoms with Crippen molar-refractivity contribution in [2.45, 2.75) is 6.54 Å². The molecule has 0 heterocycles. The molecule has 0 fully saturated rings. The second-order valence-corrected chi connectivity index (χ2v) is 6.17. The Labute approximate surface area is 152 Å². The van der Waals surface area contributed by atoms with Crippen LogP contribution in [0.25, 0.3) is 11.1 Å². The number of rotatable bonds is 5. The molecule has 0 saturated heterocycles. The van der Waals surface area contributed by atoms with Crippen LogP contribution in [0.5, 0.6) is 0 Å². The number of benzene rings is 3. The Kier molecular flexibility index (Phi) is 5.13. The lowest BCUT2D eigenvalue weighted by atomic mass is 10.0. The molecule has 0 aliphatic rings. The van der Waals surface area contributed by atoms with E-state index in [0.29, 0.717) is 17.7 Å². The van der Waals surface area contributed by atoms with Crippen LogP contribution in [0.1, 0.15) is 26.3 Å². The molecule has 0 spiro atoms. The summed E-state index contributed by atoms with van der Waals surface area (Å²) in [5.74, 6) is -0.607. The Hall–Kier alpha value is -3.40. The summed E-state index contributed by atoms with van der Waals surface area (Å²) < 4.78 is 0. The SMILES string of the molecule is CN(Cc1ccc(-c2ccccc2)cc1)C(=O)c1ccc(C(N)=O)cc1. The van der Waals surface area contributed by atoms with E-state index in [4.69, 9.17) is 5.73 Å². The molecule has 0 unspecified atom stereocenters. The van der Waals surface area contributed by atoms with Gasteiger partial charge in [-0.3, -0.25) is 9.59 Å². The van der Waals surface area contributed by atoms with Gasteiger partial charge in [-0.25, -0.2) is 0 Å². The average Bonchev–Trinajstić information content (AvgIpc) is 2.68. The third-order valence-corrected chi connectivity index (χ3v) is 4.24. The zero-order chi connectivity index (χ0) is 18.5. The Morgan fingerprint density at radius 1 is 0.769 bits per heavy atom. The number of nitrogens with zero attached hydrogens (tertiary/aromatic N) is 1. The molecule has 26 heavy (non-hydrogen) atoms. The molecule has 4 nitrogen and oxygen atoms in total. The molecule has 0 bridgehead atoms. The van der Waals surface area contributed by atoms with Crippen LogP contribution in [0.15, 0.2) is 78.9 Å². The lowest BCUT2D eigenvalue weighted by Crippen LogP contribution is -2.26. The highest BCUT2D eigenvalue weighted by molar-refractivity contribution is 5.97. The molecule has 0 aromatic heterocycles. The standard InChI is InChI=1S/C22H20N2O2/c1-24(22(26)20-13-11-19(12-14-20)21(23)25)15-16-7-9-18(10-8-16)17-5-3-2-4-6-17/h2-14H,15H2,1H3,(H2,23,25). The second-order valence-electron chi connectivity index (χ2n) is 6.17. The summed E-state index contributed by atoms with van der Waals surface area (Å²) in [6.07, 6.45) is 0. The fourth-order valence-electron chi connectivity index (χ4n) is 2.78. The zero-order valence-corrected chi connectivity index (χ0v) is 14.6. The van der Waals surface area contributed by atoms with Crippen molar-refractivity contribution in [2.24, 2.45) is 5.73 Å². The minimum absolute atomic E-state index is 0.104. The largest absolute Gasteiger partial charge is 0.366 e. The fraction of sp³-hybridized carbons (Fsp3) is 0.0909. The summed E-state index contributed by atoms with van der Waals surface area (Å²) in [6.45, 7) is 0.505. The van der Waals surface area contributed by atoms with E-state index in [2.05, 4.69) is 24.3 Å².